The van der Waals surface area contributed by atoms with Crippen molar-refractivity contribution in [3.05, 3.63) is 70.5 Å². The molecule has 0 spiro atoms. The van der Waals surface area contributed by atoms with Gasteiger partial charge in [0.15, 0.2) is 0 Å². The molecule has 20 heavy (non-hydrogen) atoms. The minimum Gasteiger partial charge on any atom is -0.310 e. The lowest BCUT2D eigenvalue weighted by atomic mass is 9.94. The molecule has 0 saturated carbocycles. The molecule has 0 aliphatic heterocycles. The third-order valence-electron chi connectivity index (χ3n) is 3.60. The van der Waals surface area contributed by atoms with E-state index in [2.05, 4.69) is 44.3 Å². The molecule has 106 valence electrons. The summed E-state index contributed by atoms with van der Waals surface area (Å²) >= 11 is 0. The van der Waals surface area contributed by atoms with Gasteiger partial charge >= 0.3 is 0 Å². The lowest BCUT2D eigenvalue weighted by Gasteiger charge is -2.21. The van der Waals surface area contributed by atoms with Crippen molar-refractivity contribution in [2.45, 2.75) is 33.2 Å². The summed E-state index contributed by atoms with van der Waals surface area (Å²) in [5.41, 5.74) is 5.06. The molecule has 2 heteroatoms. The SMILES string of the molecule is CCNC(Cc1ccc(F)cc1)c1ccc(C)cc1C. The number of hydrogen-bond donors (Lipinski definition) is 1. The summed E-state index contributed by atoms with van der Waals surface area (Å²) in [4.78, 5) is 0. The zero-order chi connectivity index (χ0) is 14.5. The van der Waals surface area contributed by atoms with Crippen LogP contribution in [-0.2, 0) is 6.42 Å². The van der Waals surface area contributed by atoms with E-state index in [1.54, 1.807) is 0 Å². The summed E-state index contributed by atoms with van der Waals surface area (Å²) in [7, 11) is 0. The van der Waals surface area contributed by atoms with Gasteiger partial charge in [0.1, 0.15) is 5.82 Å². The van der Waals surface area contributed by atoms with Gasteiger partial charge in [0.05, 0.1) is 0 Å². The van der Waals surface area contributed by atoms with Crippen molar-refractivity contribution < 1.29 is 4.39 Å². The largest absolute Gasteiger partial charge is 0.310 e. The third-order valence-corrected chi connectivity index (χ3v) is 3.60. The number of benzene rings is 2. The molecular formula is C18H22FN. The van der Waals surface area contributed by atoms with E-state index in [0.717, 1.165) is 18.5 Å². The highest BCUT2D eigenvalue weighted by Gasteiger charge is 2.13. The average molecular weight is 271 g/mol. The molecule has 0 fully saturated rings. The van der Waals surface area contributed by atoms with E-state index in [1.807, 2.05) is 12.1 Å². The zero-order valence-corrected chi connectivity index (χ0v) is 12.4. The molecule has 0 bridgehead atoms. The smallest absolute Gasteiger partial charge is 0.123 e. The summed E-state index contributed by atoms with van der Waals surface area (Å²) in [6.07, 6.45) is 0.873. The van der Waals surface area contributed by atoms with Gasteiger partial charge in [-0.2, -0.15) is 0 Å². The standard InChI is InChI=1S/C18H22FN/c1-4-20-18(12-15-6-8-16(19)9-7-15)17-10-5-13(2)11-14(17)3/h5-11,18,20H,4,12H2,1-3H3. The second kappa shape index (κ2) is 6.67. The van der Waals surface area contributed by atoms with Gasteiger partial charge in [-0.05, 0) is 55.6 Å². The Morgan fingerprint density at radius 2 is 1.75 bits per heavy atom. The Morgan fingerprint density at radius 3 is 2.35 bits per heavy atom. The Bertz CT molecular complexity index is 560. The number of rotatable bonds is 5. The van der Waals surface area contributed by atoms with Crippen LogP contribution in [0, 0.1) is 19.7 Å². The topological polar surface area (TPSA) is 12.0 Å². The van der Waals surface area contributed by atoms with Crippen molar-refractivity contribution in [2.24, 2.45) is 0 Å². The minimum absolute atomic E-state index is 0.180. The van der Waals surface area contributed by atoms with E-state index >= 15 is 0 Å². The lowest BCUT2D eigenvalue weighted by molar-refractivity contribution is 0.546. The molecule has 0 aliphatic carbocycles. The first-order chi connectivity index (χ1) is 9.60. The fraction of sp³-hybridized carbons (Fsp3) is 0.333. The van der Waals surface area contributed by atoms with Crippen LogP contribution in [-0.4, -0.2) is 6.54 Å². The summed E-state index contributed by atoms with van der Waals surface area (Å²) in [5, 5.41) is 3.53. The molecule has 0 amide bonds. The van der Waals surface area contributed by atoms with Crippen molar-refractivity contribution in [2.75, 3.05) is 6.54 Å². The number of hydrogen-bond acceptors (Lipinski definition) is 1. The van der Waals surface area contributed by atoms with Gasteiger partial charge in [-0.15, -0.1) is 0 Å². The maximum atomic E-state index is 13.0. The van der Waals surface area contributed by atoms with Crippen molar-refractivity contribution in [1.29, 1.82) is 0 Å². The Labute approximate surface area is 120 Å². The first-order valence-corrected chi connectivity index (χ1v) is 7.15. The molecular weight excluding hydrogens is 249 g/mol. The summed E-state index contributed by atoms with van der Waals surface area (Å²) < 4.78 is 13.0. The fourth-order valence-corrected chi connectivity index (χ4v) is 2.61. The summed E-state index contributed by atoms with van der Waals surface area (Å²) in [5.74, 6) is -0.180. The number of likely N-dealkylation sites (N-methyl/N-ethyl adjacent to an activating group) is 1. The average Bonchev–Trinajstić information content (AvgIpc) is 2.41. The first-order valence-electron chi connectivity index (χ1n) is 7.15. The quantitative estimate of drug-likeness (QED) is 0.853. The second-order valence-electron chi connectivity index (χ2n) is 5.30. The van der Waals surface area contributed by atoms with Gasteiger partial charge < -0.3 is 5.32 Å². The molecule has 2 aromatic carbocycles. The minimum atomic E-state index is -0.180. The number of nitrogens with one attached hydrogen (secondary N) is 1. The van der Waals surface area contributed by atoms with Crippen molar-refractivity contribution in [1.82, 2.24) is 5.32 Å². The van der Waals surface area contributed by atoms with E-state index in [4.69, 9.17) is 0 Å². The summed E-state index contributed by atoms with van der Waals surface area (Å²) in [6, 6.07) is 13.6. The zero-order valence-electron chi connectivity index (χ0n) is 12.4. The van der Waals surface area contributed by atoms with Crippen LogP contribution in [0.2, 0.25) is 0 Å². The van der Waals surface area contributed by atoms with Crippen LogP contribution in [0.4, 0.5) is 4.39 Å². The molecule has 0 aliphatic rings. The third kappa shape index (κ3) is 3.67. The van der Waals surface area contributed by atoms with Gasteiger partial charge in [0.2, 0.25) is 0 Å². The van der Waals surface area contributed by atoms with E-state index in [1.165, 1.54) is 28.8 Å². The van der Waals surface area contributed by atoms with Crippen LogP contribution in [0.5, 0.6) is 0 Å². The van der Waals surface area contributed by atoms with Crippen molar-refractivity contribution in [3.63, 3.8) is 0 Å². The molecule has 0 heterocycles. The fourth-order valence-electron chi connectivity index (χ4n) is 2.61. The molecule has 0 radical (unpaired) electrons. The van der Waals surface area contributed by atoms with Crippen LogP contribution in [0.25, 0.3) is 0 Å². The van der Waals surface area contributed by atoms with E-state index in [0.29, 0.717) is 0 Å². The maximum Gasteiger partial charge on any atom is 0.123 e. The second-order valence-corrected chi connectivity index (χ2v) is 5.30. The first kappa shape index (κ1) is 14.7. The lowest BCUT2D eigenvalue weighted by Crippen LogP contribution is -2.23. The normalized spacial score (nSPS) is 12.4. The van der Waals surface area contributed by atoms with Crippen LogP contribution >= 0.6 is 0 Å². The predicted octanol–water partition coefficient (Wildman–Crippen LogP) is 4.34. The van der Waals surface area contributed by atoms with Gasteiger partial charge in [0, 0.05) is 6.04 Å². The Hall–Kier alpha value is -1.67. The monoisotopic (exact) mass is 271 g/mol. The molecule has 1 nitrogen and oxygen atoms in total. The van der Waals surface area contributed by atoms with Crippen LogP contribution in [0.3, 0.4) is 0 Å². The molecule has 1 unspecified atom stereocenters. The Morgan fingerprint density at radius 1 is 1.05 bits per heavy atom. The number of halogens is 1. The molecule has 1 N–H and O–H groups in total. The van der Waals surface area contributed by atoms with Crippen molar-refractivity contribution in [3.8, 4) is 0 Å². The van der Waals surface area contributed by atoms with Crippen LogP contribution < -0.4 is 5.32 Å². The molecule has 2 aromatic rings. The van der Waals surface area contributed by atoms with Crippen LogP contribution in [0.15, 0.2) is 42.5 Å². The van der Waals surface area contributed by atoms with Gasteiger partial charge in [0.25, 0.3) is 0 Å². The molecule has 1 atom stereocenters. The molecule has 0 saturated heterocycles. The highest BCUT2D eigenvalue weighted by atomic mass is 19.1. The molecule has 2 rings (SSSR count). The number of aryl methyl sites for hydroxylation is 2. The van der Waals surface area contributed by atoms with E-state index in [-0.39, 0.29) is 11.9 Å². The van der Waals surface area contributed by atoms with Gasteiger partial charge in [-0.3, -0.25) is 0 Å². The Balaban J connectivity index is 2.24. The van der Waals surface area contributed by atoms with E-state index < -0.39 is 0 Å². The predicted molar refractivity (Wildman–Crippen MR) is 82.4 cm³/mol. The Kier molecular flexibility index (Phi) is 4.91. The van der Waals surface area contributed by atoms with E-state index in [9.17, 15) is 4.39 Å². The maximum absolute atomic E-state index is 13.0. The highest BCUT2D eigenvalue weighted by molar-refractivity contribution is 5.34. The molecule has 0 aromatic heterocycles. The van der Waals surface area contributed by atoms with Gasteiger partial charge in [-0.1, -0.05) is 42.8 Å². The van der Waals surface area contributed by atoms with Gasteiger partial charge in [-0.25, -0.2) is 4.39 Å². The highest BCUT2D eigenvalue weighted by Crippen LogP contribution is 2.23. The van der Waals surface area contributed by atoms with Crippen molar-refractivity contribution >= 4 is 0 Å². The summed E-state index contributed by atoms with van der Waals surface area (Å²) in [6.45, 7) is 7.29. The van der Waals surface area contributed by atoms with Crippen LogP contribution in [0.1, 0.15) is 35.2 Å².